The Balaban J connectivity index is 2.20. The summed E-state index contributed by atoms with van der Waals surface area (Å²) in [5.41, 5.74) is 3.79. The first-order chi connectivity index (χ1) is 12.5. The molecule has 0 aliphatic rings. The van der Waals surface area contributed by atoms with Gasteiger partial charge in [0, 0.05) is 16.3 Å². The van der Waals surface area contributed by atoms with Gasteiger partial charge in [-0.05, 0) is 53.6 Å². The molecule has 2 heterocycles. The number of aromatic amines is 1. The lowest BCUT2D eigenvalue weighted by molar-refractivity contribution is 0.416. The lowest BCUT2D eigenvalue weighted by Crippen LogP contribution is -2.06. The Morgan fingerprint density at radius 3 is 2.73 bits per heavy atom. The minimum atomic E-state index is -0.230. The van der Waals surface area contributed by atoms with Gasteiger partial charge < -0.3 is 9.72 Å². The number of rotatable bonds is 3. The molecule has 0 saturated carbocycles. The Labute approximate surface area is 154 Å². The van der Waals surface area contributed by atoms with Crippen molar-refractivity contribution in [3.8, 4) is 16.9 Å². The minimum Gasteiger partial charge on any atom is -0.496 e. The van der Waals surface area contributed by atoms with Crippen LogP contribution in [0.15, 0.2) is 40.5 Å². The van der Waals surface area contributed by atoms with Crippen molar-refractivity contribution >= 4 is 32.3 Å². The fourth-order valence-corrected chi connectivity index (χ4v) is 4.30. The van der Waals surface area contributed by atoms with E-state index in [2.05, 4.69) is 4.98 Å². The van der Waals surface area contributed by atoms with E-state index in [0.29, 0.717) is 22.4 Å². The van der Waals surface area contributed by atoms with Gasteiger partial charge in [0.2, 0.25) is 0 Å². The first kappa shape index (κ1) is 16.8. The van der Waals surface area contributed by atoms with E-state index in [1.54, 1.807) is 13.2 Å². The van der Waals surface area contributed by atoms with Crippen molar-refractivity contribution in [3.05, 3.63) is 63.0 Å². The highest BCUT2D eigenvalue weighted by Gasteiger charge is 2.19. The number of aryl methyl sites for hydroxylation is 2. The number of aromatic nitrogens is 1. The van der Waals surface area contributed by atoms with Crippen molar-refractivity contribution in [2.24, 2.45) is 0 Å². The fraction of sp³-hybridized carbons (Fsp3) is 0.190. The van der Waals surface area contributed by atoms with E-state index in [9.17, 15) is 9.18 Å². The molecule has 2 aromatic carbocycles. The maximum atomic E-state index is 14.5. The third kappa shape index (κ3) is 2.42. The van der Waals surface area contributed by atoms with E-state index in [4.69, 9.17) is 4.74 Å². The Hall–Kier alpha value is -2.66. The molecule has 1 N–H and O–H groups in total. The highest BCUT2D eigenvalue weighted by molar-refractivity contribution is 7.17. The molecule has 4 rings (SSSR count). The third-order valence-corrected chi connectivity index (χ3v) is 5.72. The van der Waals surface area contributed by atoms with Gasteiger partial charge in [0.25, 0.3) is 5.56 Å². The monoisotopic (exact) mass is 367 g/mol. The zero-order chi connectivity index (χ0) is 18.4. The minimum absolute atomic E-state index is 0.103. The van der Waals surface area contributed by atoms with Crippen LogP contribution in [0.1, 0.15) is 18.1 Å². The molecule has 0 atom stereocenters. The van der Waals surface area contributed by atoms with E-state index in [1.807, 2.05) is 43.5 Å². The van der Waals surface area contributed by atoms with Crippen LogP contribution in [0.5, 0.6) is 5.75 Å². The zero-order valence-electron chi connectivity index (χ0n) is 14.8. The second-order valence-electron chi connectivity index (χ2n) is 6.30. The number of hydrogen-bond acceptors (Lipinski definition) is 3. The molecule has 0 aliphatic heterocycles. The van der Waals surface area contributed by atoms with Crippen molar-refractivity contribution in [1.29, 1.82) is 0 Å². The van der Waals surface area contributed by atoms with Crippen molar-refractivity contribution in [2.45, 2.75) is 20.3 Å². The van der Waals surface area contributed by atoms with E-state index in [-0.39, 0.29) is 11.4 Å². The van der Waals surface area contributed by atoms with E-state index < -0.39 is 0 Å². The molecule has 0 saturated heterocycles. The van der Waals surface area contributed by atoms with E-state index in [0.717, 1.165) is 33.0 Å². The van der Waals surface area contributed by atoms with Crippen molar-refractivity contribution < 1.29 is 9.13 Å². The second-order valence-corrected chi connectivity index (χ2v) is 7.21. The average molecular weight is 367 g/mol. The molecule has 26 heavy (non-hydrogen) atoms. The van der Waals surface area contributed by atoms with Gasteiger partial charge in [0.15, 0.2) is 0 Å². The topological polar surface area (TPSA) is 42.1 Å². The van der Waals surface area contributed by atoms with Gasteiger partial charge in [-0.1, -0.05) is 19.1 Å². The lowest BCUT2D eigenvalue weighted by atomic mass is 9.94. The molecule has 0 radical (unpaired) electrons. The van der Waals surface area contributed by atoms with Gasteiger partial charge in [-0.3, -0.25) is 4.79 Å². The summed E-state index contributed by atoms with van der Waals surface area (Å²) in [4.78, 5) is 15.4. The van der Waals surface area contributed by atoms with Gasteiger partial charge in [0.1, 0.15) is 16.3 Å². The summed E-state index contributed by atoms with van der Waals surface area (Å²) in [5.74, 6) is 0.435. The predicted molar refractivity (Wildman–Crippen MR) is 106 cm³/mol. The smallest absolute Gasteiger partial charge is 0.266 e. The van der Waals surface area contributed by atoms with Gasteiger partial charge in [-0.2, -0.15) is 0 Å². The maximum Gasteiger partial charge on any atom is 0.266 e. The SMILES string of the molecule is CCc1ccc(-c2c(OC)cc(C)c3[nH]c(=O)c4sccc4c23)cc1F. The Morgan fingerprint density at radius 2 is 2.04 bits per heavy atom. The summed E-state index contributed by atoms with van der Waals surface area (Å²) in [6.07, 6.45) is 0.639. The van der Waals surface area contributed by atoms with Gasteiger partial charge >= 0.3 is 0 Å². The van der Waals surface area contributed by atoms with Gasteiger partial charge in [-0.15, -0.1) is 11.3 Å². The molecule has 5 heteroatoms. The van der Waals surface area contributed by atoms with Gasteiger partial charge in [-0.25, -0.2) is 4.39 Å². The first-order valence-electron chi connectivity index (χ1n) is 8.44. The van der Waals surface area contributed by atoms with E-state index in [1.165, 1.54) is 11.3 Å². The number of benzene rings is 2. The Kier molecular flexibility index (Phi) is 4.04. The zero-order valence-corrected chi connectivity index (χ0v) is 15.6. The molecule has 0 aliphatic carbocycles. The molecule has 0 amide bonds. The lowest BCUT2D eigenvalue weighted by Gasteiger charge is -2.16. The molecule has 0 unspecified atom stereocenters. The molecular formula is C21H18FNO2S. The summed E-state index contributed by atoms with van der Waals surface area (Å²) in [5, 5.41) is 3.66. The summed E-state index contributed by atoms with van der Waals surface area (Å²) in [6, 6.07) is 9.10. The average Bonchev–Trinajstić information content (AvgIpc) is 3.12. The second kappa shape index (κ2) is 6.25. The Morgan fingerprint density at radius 1 is 1.23 bits per heavy atom. The number of hydrogen-bond donors (Lipinski definition) is 1. The summed E-state index contributed by atoms with van der Waals surface area (Å²) in [6.45, 7) is 3.86. The summed E-state index contributed by atoms with van der Waals surface area (Å²) >= 11 is 1.40. The molecule has 0 spiro atoms. The van der Waals surface area contributed by atoms with Crippen molar-refractivity contribution in [3.63, 3.8) is 0 Å². The Bertz CT molecular complexity index is 1210. The maximum absolute atomic E-state index is 14.5. The van der Waals surface area contributed by atoms with Crippen molar-refractivity contribution in [1.82, 2.24) is 4.98 Å². The normalized spacial score (nSPS) is 11.4. The number of thiophene rings is 1. The number of halogens is 1. The van der Waals surface area contributed by atoms with E-state index >= 15 is 0 Å². The van der Waals surface area contributed by atoms with Crippen LogP contribution in [0.2, 0.25) is 0 Å². The number of ether oxygens (including phenoxy) is 1. The molecule has 4 aromatic rings. The molecule has 2 aromatic heterocycles. The summed E-state index contributed by atoms with van der Waals surface area (Å²) in [7, 11) is 1.61. The van der Waals surface area contributed by atoms with Crippen LogP contribution in [0.25, 0.3) is 32.1 Å². The fourth-order valence-electron chi connectivity index (χ4n) is 3.51. The number of H-pyrrole nitrogens is 1. The number of fused-ring (bicyclic) bond motifs is 3. The number of nitrogens with one attached hydrogen (secondary N) is 1. The first-order valence-corrected chi connectivity index (χ1v) is 9.32. The van der Waals surface area contributed by atoms with Crippen LogP contribution < -0.4 is 10.3 Å². The van der Waals surface area contributed by atoms with Crippen LogP contribution in [0.3, 0.4) is 0 Å². The molecule has 3 nitrogen and oxygen atoms in total. The summed E-state index contributed by atoms with van der Waals surface area (Å²) < 4.78 is 20.8. The highest BCUT2D eigenvalue weighted by Crippen LogP contribution is 2.42. The third-order valence-electron chi connectivity index (χ3n) is 4.81. The molecule has 0 bridgehead atoms. The van der Waals surface area contributed by atoms with Crippen LogP contribution in [0, 0.1) is 12.7 Å². The number of methoxy groups -OCH3 is 1. The van der Waals surface area contributed by atoms with Crippen molar-refractivity contribution in [2.75, 3.05) is 7.11 Å². The van der Waals surface area contributed by atoms with Gasteiger partial charge in [0.05, 0.1) is 12.6 Å². The predicted octanol–water partition coefficient (Wildman–Crippen LogP) is 5.43. The van der Waals surface area contributed by atoms with Crippen LogP contribution in [-0.2, 0) is 6.42 Å². The quantitative estimate of drug-likeness (QED) is 0.525. The van der Waals surface area contributed by atoms with Crippen LogP contribution >= 0.6 is 11.3 Å². The largest absolute Gasteiger partial charge is 0.496 e. The van der Waals surface area contributed by atoms with Crippen LogP contribution in [-0.4, -0.2) is 12.1 Å². The highest BCUT2D eigenvalue weighted by atomic mass is 32.1. The molecule has 0 fully saturated rings. The van der Waals surface area contributed by atoms with Crippen LogP contribution in [0.4, 0.5) is 4.39 Å². The standard InChI is InChI=1S/C21H18FNO2S/c1-4-12-5-6-13(10-15(12)22)17-16(25-3)9-11(2)19-18(17)14-7-8-26-20(14)21(24)23-19/h5-10H,4H2,1-3H3,(H,23,24). The molecule has 132 valence electrons. The number of pyridine rings is 1. The molecular weight excluding hydrogens is 349 g/mol.